The minimum absolute atomic E-state index is 0.0199. The van der Waals surface area contributed by atoms with Crippen LogP contribution in [-0.2, 0) is 16.0 Å². The molecule has 1 N–H and O–H groups in total. The van der Waals surface area contributed by atoms with E-state index in [1.54, 1.807) is 0 Å². The number of hydrogen-bond donors (Lipinski definition) is 1. The Bertz CT molecular complexity index is 529. The maximum Gasteiger partial charge on any atom is 0.306 e. The van der Waals surface area contributed by atoms with Gasteiger partial charge in [-0.25, -0.2) is 0 Å². The molecule has 5 heteroatoms. The highest BCUT2D eigenvalue weighted by Gasteiger charge is 2.32. The highest BCUT2D eigenvalue weighted by Crippen LogP contribution is 2.24. The molecule has 0 spiro atoms. The van der Waals surface area contributed by atoms with Gasteiger partial charge >= 0.3 is 5.97 Å². The Hall–Kier alpha value is -1.55. The largest absolute Gasteiger partial charge is 0.481 e. The Balaban J connectivity index is 1.76. The predicted octanol–water partition coefficient (Wildman–Crippen LogP) is 3.23. The number of nitrogens with zero attached hydrogens (tertiary/aromatic N) is 1. The fourth-order valence-electron chi connectivity index (χ4n) is 2.99. The van der Waals surface area contributed by atoms with E-state index in [9.17, 15) is 9.59 Å². The van der Waals surface area contributed by atoms with Crippen molar-refractivity contribution in [3.8, 4) is 0 Å². The van der Waals surface area contributed by atoms with Crippen molar-refractivity contribution in [3.05, 3.63) is 34.9 Å². The number of likely N-dealkylation sites (tertiary alicyclic amines) is 1. The van der Waals surface area contributed by atoms with Crippen LogP contribution in [0.3, 0.4) is 0 Å². The molecule has 0 aromatic heterocycles. The highest BCUT2D eigenvalue weighted by molar-refractivity contribution is 6.30. The number of hydrogen-bond acceptors (Lipinski definition) is 2. The van der Waals surface area contributed by atoms with Gasteiger partial charge in [0.2, 0.25) is 5.91 Å². The first-order chi connectivity index (χ1) is 10.5. The molecule has 2 unspecified atom stereocenters. The molecule has 2 atom stereocenters. The second kappa shape index (κ2) is 7.63. The lowest BCUT2D eigenvalue weighted by Crippen LogP contribution is -2.44. The molecule has 1 aromatic rings. The van der Waals surface area contributed by atoms with Gasteiger partial charge in [-0.05, 0) is 42.9 Å². The molecule has 1 fully saturated rings. The zero-order chi connectivity index (χ0) is 16.1. The van der Waals surface area contributed by atoms with E-state index in [-0.39, 0.29) is 17.7 Å². The zero-order valence-electron chi connectivity index (χ0n) is 12.8. The number of amides is 1. The molecule has 4 nitrogen and oxygen atoms in total. The van der Waals surface area contributed by atoms with Crippen molar-refractivity contribution in [3.63, 3.8) is 0 Å². The molecule has 0 bridgehead atoms. The first kappa shape index (κ1) is 16.8. The van der Waals surface area contributed by atoms with Gasteiger partial charge in [0.25, 0.3) is 0 Å². The lowest BCUT2D eigenvalue weighted by atomic mass is 9.87. The van der Waals surface area contributed by atoms with E-state index in [1.807, 2.05) is 36.1 Å². The number of carboxylic acid groups (broad SMARTS) is 1. The zero-order valence-corrected chi connectivity index (χ0v) is 13.6. The first-order valence-electron chi connectivity index (χ1n) is 7.72. The smallest absolute Gasteiger partial charge is 0.306 e. The van der Waals surface area contributed by atoms with E-state index in [0.29, 0.717) is 25.9 Å². The van der Waals surface area contributed by atoms with Crippen LogP contribution in [0.1, 0.15) is 31.7 Å². The summed E-state index contributed by atoms with van der Waals surface area (Å²) in [6.07, 6.45) is 2.71. The average molecular weight is 324 g/mol. The monoisotopic (exact) mass is 323 g/mol. The molecule has 1 saturated heterocycles. The Kier molecular flexibility index (Phi) is 5.83. The lowest BCUT2D eigenvalue weighted by molar-refractivity contribution is -0.148. The van der Waals surface area contributed by atoms with Gasteiger partial charge in [0.15, 0.2) is 0 Å². The van der Waals surface area contributed by atoms with E-state index in [0.717, 1.165) is 17.9 Å². The van der Waals surface area contributed by atoms with Crippen LogP contribution >= 0.6 is 11.6 Å². The number of piperidine rings is 1. The summed E-state index contributed by atoms with van der Waals surface area (Å²) in [6.45, 7) is 3.02. The fraction of sp³-hybridized carbons (Fsp3) is 0.529. The maximum atomic E-state index is 12.2. The average Bonchev–Trinajstić information content (AvgIpc) is 2.48. The molecule has 1 heterocycles. The molecule has 0 aliphatic carbocycles. The molecule has 0 radical (unpaired) electrons. The number of rotatable bonds is 5. The molecular formula is C17H22ClNO3. The van der Waals surface area contributed by atoms with E-state index < -0.39 is 5.97 Å². The second-order valence-corrected chi connectivity index (χ2v) is 6.47. The first-order valence-corrected chi connectivity index (χ1v) is 8.10. The van der Waals surface area contributed by atoms with Crippen LogP contribution in [0.2, 0.25) is 5.02 Å². The fourth-order valence-corrected chi connectivity index (χ4v) is 3.12. The summed E-state index contributed by atoms with van der Waals surface area (Å²) in [5.41, 5.74) is 1.18. The minimum atomic E-state index is -0.748. The van der Waals surface area contributed by atoms with Crippen molar-refractivity contribution < 1.29 is 14.7 Å². The number of halogens is 1. The van der Waals surface area contributed by atoms with E-state index in [1.165, 1.54) is 5.56 Å². The van der Waals surface area contributed by atoms with Gasteiger partial charge in [0.1, 0.15) is 0 Å². The number of aryl methyl sites for hydroxylation is 1. The summed E-state index contributed by atoms with van der Waals surface area (Å²) < 4.78 is 0. The molecule has 2 rings (SSSR count). The number of carbonyl (C=O) groups excluding carboxylic acids is 1. The van der Waals surface area contributed by atoms with Crippen molar-refractivity contribution >= 4 is 23.5 Å². The summed E-state index contributed by atoms with van der Waals surface area (Å²) in [5.74, 6) is -0.920. The van der Waals surface area contributed by atoms with Crippen molar-refractivity contribution in [1.82, 2.24) is 4.90 Å². The summed E-state index contributed by atoms with van der Waals surface area (Å²) in [5, 5.41) is 9.83. The van der Waals surface area contributed by atoms with Gasteiger partial charge in [-0.15, -0.1) is 0 Å². The third kappa shape index (κ3) is 4.47. The number of aliphatic carboxylic acids is 1. The van der Waals surface area contributed by atoms with Crippen LogP contribution in [0, 0.1) is 11.8 Å². The summed E-state index contributed by atoms with van der Waals surface area (Å²) >= 11 is 5.84. The van der Waals surface area contributed by atoms with Crippen molar-refractivity contribution in [2.24, 2.45) is 11.8 Å². The lowest BCUT2D eigenvalue weighted by Gasteiger charge is -2.35. The summed E-state index contributed by atoms with van der Waals surface area (Å²) in [4.78, 5) is 25.1. The quantitative estimate of drug-likeness (QED) is 0.905. The van der Waals surface area contributed by atoms with Crippen molar-refractivity contribution in [1.29, 1.82) is 0 Å². The van der Waals surface area contributed by atoms with Crippen molar-refractivity contribution in [2.45, 2.75) is 32.6 Å². The van der Waals surface area contributed by atoms with Crippen molar-refractivity contribution in [2.75, 3.05) is 13.1 Å². The predicted molar refractivity (Wildman–Crippen MR) is 85.9 cm³/mol. The van der Waals surface area contributed by atoms with E-state index in [4.69, 9.17) is 16.7 Å². The van der Waals surface area contributed by atoms with E-state index in [2.05, 4.69) is 0 Å². The van der Waals surface area contributed by atoms with Crippen LogP contribution in [0.25, 0.3) is 0 Å². The van der Waals surface area contributed by atoms with Gasteiger partial charge in [-0.1, -0.05) is 30.7 Å². The molecule has 1 aliphatic heterocycles. The van der Waals surface area contributed by atoms with E-state index >= 15 is 0 Å². The number of benzene rings is 1. The Morgan fingerprint density at radius 1 is 1.32 bits per heavy atom. The number of carbonyl (C=O) groups is 2. The molecule has 1 amide bonds. The third-order valence-electron chi connectivity index (χ3n) is 4.34. The molecule has 120 valence electrons. The van der Waals surface area contributed by atoms with Gasteiger partial charge in [0, 0.05) is 24.5 Å². The maximum absolute atomic E-state index is 12.2. The summed E-state index contributed by atoms with van der Waals surface area (Å²) in [6, 6.07) is 7.68. The van der Waals surface area contributed by atoms with Crippen LogP contribution in [0.4, 0.5) is 0 Å². The molecule has 22 heavy (non-hydrogen) atoms. The molecule has 1 aliphatic rings. The SMILES string of the molecule is CC1CN(C(=O)CCCc2ccc(Cl)cc2)CCC1C(=O)O. The van der Waals surface area contributed by atoms with Gasteiger partial charge in [0.05, 0.1) is 5.92 Å². The van der Waals surface area contributed by atoms with Gasteiger partial charge in [-0.2, -0.15) is 0 Å². The number of carboxylic acids is 1. The Morgan fingerprint density at radius 3 is 2.59 bits per heavy atom. The highest BCUT2D eigenvalue weighted by atomic mass is 35.5. The Morgan fingerprint density at radius 2 is 2.00 bits per heavy atom. The normalized spacial score (nSPS) is 21.6. The second-order valence-electron chi connectivity index (χ2n) is 6.03. The molecular weight excluding hydrogens is 302 g/mol. The molecule has 0 saturated carbocycles. The van der Waals surface area contributed by atoms with Gasteiger partial charge in [-0.3, -0.25) is 9.59 Å². The Labute approximate surface area is 136 Å². The summed E-state index contributed by atoms with van der Waals surface area (Å²) in [7, 11) is 0. The topological polar surface area (TPSA) is 57.6 Å². The third-order valence-corrected chi connectivity index (χ3v) is 4.60. The van der Waals surface area contributed by atoms with Crippen LogP contribution in [0.15, 0.2) is 24.3 Å². The van der Waals surface area contributed by atoms with Crippen LogP contribution in [0.5, 0.6) is 0 Å². The van der Waals surface area contributed by atoms with Crippen LogP contribution in [-0.4, -0.2) is 35.0 Å². The van der Waals surface area contributed by atoms with Gasteiger partial charge < -0.3 is 10.0 Å². The minimum Gasteiger partial charge on any atom is -0.481 e. The molecule has 1 aromatic carbocycles. The van der Waals surface area contributed by atoms with Crippen LogP contribution < -0.4 is 0 Å². The standard InChI is InChI=1S/C17H22ClNO3/c1-12-11-19(10-9-15(12)17(21)22)16(20)4-2-3-13-5-7-14(18)8-6-13/h5-8,12,15H,2-4,9-11H2,1H3,(H,21,22).